The van der Waals surface area contributed by atoms with Gasteiger partial charge in [-0.3, -0.25) is 4.79 Å². The lowest BCUT2D eigenvalue weighted by molar-refractivity contribution is -0.117. The van der Waals surface area contributed by atoms with Crippen molar-refractivity contribution in [2.45, 2.75) is 25.8 Å². The summed E-state index contributed by atoms with van der Waals surface area (Å²) < 4.78 is 11.1. The highest BCUT2D eigenvalue weighted by molar-refractivity contribution is 5.94. The number of carbonyl (C=O) groups is 2. The van der Waals surface area contributed by atoms with E-state index in [1.165, 1.54) is 0 Å². The fourth-order valence-corrected chi connectivity index (χ4v) is 3.16. The minimum absolute atomic E-state index is 0.0759. The van der Waals surface area contributed by atoms with Gasteiger partial charge in [0.1, 0.15) is 13.2 Å². The van der Waals surface area contributed by atoms with Gasteiger partial charge in [-0.15, -0.1) is 0 Å². The second-order valence-electron chi connectivity index (χ2n) is 7.30. The molecule has 29 heavy (non-hydrogen) atoms. The quantitative estimate of drug-likeness (QED) is 0.673. The number of urea groups is 1. The fraction of sp³-hybridized carbons (Fsp3) is 0.364. The number of amides is 3. The van der Waals surface area contributed by atoms with Gasteiger partial charge in [0.15, 0.2) is 11.5 Å². The second-order valence-corrected chi connectivity index (χ2v) is 7.30. The first-order chi connectivity index (χ1) is 14.2. The normalized spacial score (nSPS) is 14.8. The van der Waals surface area contributed by atoms with Crippen molar-refractivity contribution in [3.05, 3.63) is 53.6 Å². The molecule has 0 radical (unpaired) electrons. The van der Waals surface area contributed by atoms with Gasteiger partial charge < -0.3 is 25.4 Å². The molecular weight excluding hydrogens is 370 g/mol. The molecule has 0 spiro atoms. The van der Waals surface area contributed by atoms with Gasteiger partial charge in [-0.05, 0) is 54.7 Å². The van der Waals surface area contributed by atoms with Crippen LogP contribution in [0.1, 0.15) is 24.0 Å². The van der Waals surface area contributed by atoms with Gasteiger partial charge in [0.05, 0.1) is 0 Å². The fourth-order valence-electron chi connectivity index (χ4n) is 3.16. The van der Waals surface area contributed by atoms with E-state index in [9.17, 15) is 9.59 Å². The van der Waals surface area contributed by atoms with Gasteiger partial charge in [0.2, 0.25) is 5.91 Å². The average molecular weight is 395 g/mol. The van der Waals surface area contributed by atoms with E-state index in [2.05, 4.69) is 16.0 Å². The number of carbonyl (C=O) groups excluding carboxylic acids is 2. The molecule has 0 aromatic heterocycles. The zero-order valence-electron chi connectivity index (χ0n) is 16.2. The Balaban J connectivity index is 1.19. The molecule has 3 N–H and O–H groups in total. The van der Waals surface area contributed by atoms with E-state index in [0.29, 0.717) is 32.7 Å². The summed E-state index contributed by atoms with van der Waals surface area (Å²) in [6.07, 6.45) is 2.64. The Bertz CT molecular complexity index is 895. The number of anilines is 1. The lowest BCUT2D eigenvalue weighted by Gasteiger charge is -2.18. The van der Waals surface area contributed by atoms with Crippen molar-refractivity contribution in [3.63, 3.8) is 0 Å². The standard InChI is InChI=1S/C22H25N3O4/c26-21(17-5-6-17)25-18-3-1-2-16(12-18)14-24-22(27)23-9-8-15-4-7-19-20(13-15)29-11-10-28-19/h1-4,7,12-13,17H,5-6,8-11,14H2,(H,25,26)(H2,23,24,27). The Morgan fingerprint density at radius 1 is 0.931 bits per heavy atom. The van der Waals surface area contributed by atoms with Crippen LogP contribution in [0.15, 0.2) is 42.5 Å². The van der Waals surface area contributed by atoms with Crippen molar-refractivity contribution in [1.29, 1.82) is 0 Å². The van der Waals surface area contributed by atoms with Crippen LogP contribution in [-0.2, 0) is 17.8 Å². The van der Waals surface area contributed by atoms with Crippen molar-refractivity contribution >= 4 is 17.6 Å². The van der Waals surface area contributed by atoms with Crippen LogP contribution in [0.4, 0.5) is 10.5 Å². The van der Waals surface area contributed by atoms with E-state index >= 15 is 0 Å². The van der Waals surface area contributed by atoms with Crippen LogP contribution in [0.25, 0.3) is 0 Å². The Morgan fingerprint density at radius 3 is 2.59 bits per heavy atom. The molecule has 7 heteroatoms. The Kier molecular flexibility index (Phi) is 5.84. The third kappa shape index (κ3) is 5.40. The highest BCUT2D eigenvalue weighted by Crippen LogP contribution is 2.31. The maximum absolute atomic E-state index is 12.1. The number of hydrogen-bond acceptors (Lipinski definition) is 4. The molecule has 4 rings (SSSR count). The van der Waals surface area contributed by atoms with Crippen LogP contribution < -0.4 is 25.4 Å². The number of nitrogens with one attached hydrogen (secondary N) is 3. The Labute approximate surface area is 169 Å². The third-order valence-corrected chi connectivity index (χ3v) is 4.90. The predicted molar refractivity (Wildman–Crippen MR) is 109 cm³/mol. The van der Waals surface area contributed by atoms with Crippen LogP contribution in [0.5, 0.6) is 11.5 Å². The van der Waals surface area contributed by atoms with E-state index in [1.807, 2.05) is 42.5 Å². The number of ether oxygens (including phenoxy) is 2. The van der Waals surface area contributed by atoms with E-state index in [0.717, 1.165) is 41.2 Å². The molecule has 2 aliphatic rings. The number of benzene rings is 2. The summed E-state index contributed by atoms with van der Waals surface area (Å²) >= 11 is 0. The summed E-state index contributed by atoms with van der Waals surface area (Å²) in [7, 11) is 0. The van der Waals surface area contributed by atoms with Gasteiger partial charge in [-0.1, -0.05) is 18.2 Å². The monoisotopic (exact) mass is 395 g/mol. The van der Waals surface area contributed by atoms with Gasteiger partial charge in [0, 0.05) is 24.7 Å². The minimum Gasteiger partial charge on any atom is -0.486 e. The molecule has 152 valence electrons. The van der Waals surface area contributed by atoms with Crippen LogP contribution in [0, 0.1) is 5.92 Å². The van der Waals surface area contributed by atoms with Crippen LogP contribution in [0.3, 0.4) is 0 Å². The van der Waals surface area contributed by atoms with Crippen molar-refractivity contribution in [2.24, 2.45) is 5.92 Å². The third-order valence-electron chi connectivity index (χ3n) is 4.90. The number of hydrogen-bond donors (Lipinski definition) is 3. The molecule has 1 fully saturated rings. The summed E-state index contributed by atoms with van der Waals surface area (Å²) in [5.41, 5.74) is 2.77. The maximum atomic E-state index is 12.1. The maximum Gasteiger partial charge on any atom is 0.315 e. The van der Waals surface area contributed by atoms with Crippen LogP contribution >= 0.6 is 0 Å². The Hall–Kier alpha value is -3.22. The van der Waals surface area contributed by atoms with E-state index in [1.54, 1.807) is 0 Å². The summed E-state index contributed by atoms with van der Waals surface area (Å²) in [6.45, 7) is 2.04. The molecule has 1 saturated carbocycles. The van der Waals surface area contributed by atoms with Gasteiger partial charge in [-0.2, -0.15) is 0 Å². The molecule has 1 aliphatic carbocycles. The molecule has 2 aromatic rings. The summed E-state index contributed by atoms with van der Waals surface area (Å²) in [6, 6.07) is 13.1. The molecule has 0 saturated heterocycles. The lowest BCUT2D eigenvalue weighted by Crippen LogP contribution is -2.36. The molecule has 3 amide bonds. The largest absolute Gasteiger partial charge is 0.486 e. The summed E-state index contributed by atoms with van der Waals surface area (Å²) in [5, 5.41) is 8.62. The van der Waals surface area contributed by atoms with E-state index < -0.39 is 0 Å². The van der Waals surface area contributed by atoms with Gasteiger partial charge in [0.25, 0.3) is 0 Å². The SMILES string of the molecule is O=C(NCCc1ccc2c(c1)OCCO2)NCc1cccc(NC(=O)C2CC2)c1. The predicted octanol–water partition coefficient (Wildman–Crippen LogP) is 2.85. The van der Waals surface area contributed by atoms with Crippen molar-refractivity contribution in [2.75, 3.05) is 25.1 Å². The second kappa shape index (κ2) is 8.86. The molecule has 0 bridgehead atoms. The molecule has 1 heterocycles. The zero-order valence-corrected chi connectivity index (χ0v) is 16.2. The van der Waals surface area contributed by atoms with Crippen LogP contribution in [-0.4, -0.2) is 31.7 Å². The molecule has 0 unspecified atom stereocenters. The lowest BCUT2D eigenvalue weighted by atomic mass is 10.1. The van der Waals surface area contributed by atoms with E-state index in [-0.39, 0.29) is 17.9 Å². The van der Waals surface area contributed by atoms with Gasteiger partial charge in [-0.25, -0.2) is 4.79 Å². The topological polar surface area (TPSA) is 88.7 Å². The van der Waals surface area contributed by atoms with Gasteiger partial charge >= 0.3 is 6.03 Å². The molecule has 2 aromatic carbocycles. The number of rotatable bonds is 7. The summed E-state index contributed by atoms with van der Waals surface area (Å²) in [5.74, 6) is 1.76. The minimum atomic E-state index is -0.227. The number of fused-ring (bicyclic) bond motifs is 1. The molecule has 0 atom stereocenters. The smallest absolute Gasteiger partial charge is 0.315 e. The highest BCUT2D eigenvalue weighted by Gasteiger charge is 2.29. The molecular formula is C22H25N3O4. The first-order valence-electron chi connectivity index (χ1n) is 9.97. The van der Waals surface area contributed by atoms with Crippen molar-refractivity contribution in [1.82, 2.24) is 10.6 Å². The average Bonchev–Trinajstić information content (AvgIpc) is 3.58. The van der Waals surface area contributed by atoms with E-state index in [4.69, 9.17) is 9.47 Å². The highest BCUT2D eigenvalue weighted by atomic mass is 16.6. The van der Waals surface area contributed by atoms with Crippen molar-refractivity contribution in [3.8, 4) is 11.5 Å². The Morgan fingerprint density at radius 2 is 1.76 bits per heavy atom. The van der Waals surface area contributed by atoms with Crippen LogP contribution in [0.2, 0.25) is 0 Å². The molecule has 7 nitrogen and oxygen atoms in total. The summed E-state index contributed by atoms with van der Waals surface area (Å²) in [4.78, 5) is 23.9. The van der Waals surface area contributed by atoms with Crippen molar-refractivity contribution < 1.29 is 19.1 Å². The molecule has 1 aliphatic heterocycles. The zero-order chi connectivity index (χ0) is 20.1. The first kappa shape index (κ1) is 19.1. The first-order valence-corrected chi connectivity index (χ1v) is 9.97.